The van der Waals surface area contributed by atoms with Gasteiger partial charge in [0.05, 0.1) is 5.75 Å². The van der Waals surface area contributed by atoms with Crippen LogP contribution in [0, 0.1) is 13.8 Å². The fourth-order valence-electron chi connectivity index (χ4n) is 1.69. The summed E-state index contributed by atoms with van der Waals surface area (Å²) in [5.41, 5.74) is 1.88. The van der Waals surface area contributed by atoms with Crippen molar-refractivity contribution in [2.75, 3.05) is 0 Å². The van der Waals surface area contributed by atoms with E-state index in [2.05, 4.69) is 6.07 Å². The van der Waals surface area contributed by atoms with Crippen molar-refractivity contribution in [2.24, 2.45) is 0 Å². The highest BCUT2D eigenvalue weighted by Gasteiger charge is 2.14. The first-order valence-corrected chi connectivity index (χ1v) is 6.57. The summed E-state index contributed by atoms with van der Waals surface area (Å²) in [7, 11) is 0. The maximum Gasteiger partial charge on any atom is 0.372 e. The van der Waals surface area contributed by atoms with Crippen LogP contribution in [0.2, 0.25) is 0 Å². The number of furan rings is 1. The van der Waals surface area contributed by atoms with E-state index < -0.39 is 5.97 Å². The lowest BCUT2D eigenvalue weighted by Crippen LogP contribution is -1.94. The Bertz CT molecular complexity index is 572. The summed E-state index contributed by atoms with van der Waals surface area (Å²) in [6.45, 7) is 3.79. The van der Waals surface area contributed by atoms with Gasteiger partial charge in [-0.2, -0.15) is 0 Å². The van der Waals surface area contributed by atoms with Crippen molar-refractivity contribution in [1.82, 2.24) is 0 Å². The number of rotatable bonds is 4. The summed E-state index contributed by atoms with van der Waals surface area (Å²) < 4.78 is 5.31. The fourth-order valence-corrected chi connectivity index (χ4v) is 2.59. The zero-order chi connectivity index (χ0) is 13.1. The third-order valence-corrected chi connectivity index (χ3v) is 3.55. The second kappa shape index (κ2) is 5.31. The van der Waals surface area contributed by atoms with E-state index in [1.54, 1.807) is 24.8 Å². The summed E-state index contributed by atoms with van der Waals surface area (Å²) in [5, 5.41) is 8.90. The van der Waals surface area contributed by atoms with Gasteiger partial charge in [-0.05, 0) is 32.0 Å². The zero-order valence-electron chi connectivity index (χ0n) is 10.3. The highest BCUT2D eigenvalue weighted by atomic mass is 32.2. The molecule has 0 aliphatic rings. The van der Waals surface area contributed by atoms with Crippen LogP contribution < -0.4 is 0 Å². The number of hydrogen-bond donors (Lipinski definition) is 1. The molecule has 2 aromatic rings. The number of carboxylic acid groups (broad SMARTS) is 1. The van der Waals surface area contributed by atoms with Gasteiger partial charge in [-0.15, -0.1) is 11.8 Å². The second-order valence-corrected chi connectivity index (χ2v) is 5.18. The predicted molar refractivity (Wildman–Crippen MR) is 71.1 cm³/mol. The molecule has 0 aliphatic carbocycles. The minimum atomic E-state index is -1.01. The maximum absolute atomic E-state index is 10.9. The normalized spacial score (nSPS) is 10.6. The van der Waals surface area contributed by atoms with Crippen molar-refractivity contribution < 1.29 is 14.3 Å². The molecular formula is C14H14O3S. The molecule has 2 rings (SSSR count). The van der Waals surface area contributed by atoms with Gasteiger partial charge in [0.1, 0.15) is 5.76 Å². The molecule has 0 spiro atoms. The average molecular weight is 262 g/mol. The Hall–Kier alpha value is -1.68. The van der Waals surface area contributed by atoms with Gasteiger partial charge in [0.15, 0.2) is 0 Å². The molecule has 0 radical (unpaired) electrons. The summed E-state index contributed by atoms with van der Waals surface area (Å²) >= 11 is 1.63. The lowest BCUT2D eigenvalue weighted by Gasteiger charge is -2.00. The first kappa shape index (κ1) is 12.8. The summed E-state index contributed by atoms with van der Waals surface area (Å²) in [6, 6.07) is 9.97. The van der Waals surface area contributed by atoms with Gasteiger partial charge in [0, 0.05) is 10.5 Å². The fraction of sp³-hybridized carbons (Fsp3) is 0.214. The van der Waals surface area contributed by atoms with Crippen LogP contribution in [0.25, 0.3) is 0 Å². The number of thioether (sulfide) groups is 1. The smallest absolute Gasteiger partial charge is 0.372 e. The highest BCUT2D eigenvalue weighted by Crippen LogP contribution is 2.25. The Morgan fingerprint density at radius 1 is 1.33 bits per heavy atom. The average Bonchev–Trinajstić information content (AvgIpc) is 2.68. The number of aromatic carboxylic acids is 1. The third-order valence-electron chi connectivity index (χ3n) is 2.53. The van der Waals surface area contributed by atoms with Crippen molar-refractivity contribution in [2.45, 2.75) is 24.5 Å². The largest absolute Gasteiger partial charge is 0.475 e. The van der Waals surface area contributed by atoms with Crippen LogP contribution in [-0.4, -0.2) is 11.1 Å². The van der Waals surface area contributed by atoms with Crippen LogP contribution in [0.4, 0.5) is 0 Å². The third kappa shape index (κ3) is 2.96. The van der Waals surface area contributed by atoms with Gasteiger partial charge in [0.25, 0.3) is 0 Å². The summed E-state index contributed by atoms with van der Waals surface area (Å²) in [5.74, 6) is 0.350. The van der Waals surface area contributed by atoms with Gasteiger partial charge in [0.2, 0.25) is 5.76 Å². The van der Waals surface area contributed by atoms with Gasteiger partial charge >= 0.3 is 5.97 Å². The monoisotopic (exact) mass is 262 g/mol. The van der Waals surface area contributed by atoms with E-state index in [0.717, 1.165) is 4.90 Å². The molecular weight excluding hydrogens is 248 g/mol. The van der Waals surface area contributed by atoms with E-state index in [9.17, 15) is 4.79 Å². The van der Waals surface area contributed by atoms with Crippen molar-refractivity contribution in [3.63, 3.8) is 0 Å². The molecule has 1 heterocycles. The number of carbonyl (C=O) groups is 1. The standard InChI is InChI=1S/C14H14O3S/c1-9-4-3-5-12(6-9)18-8-11-7-10(2)13(17-11)14(15)16/h3-7H,8H2,1-2H3,(H,15,16). The van der Waals surface area contributed by atoms with Crippen LogP contribution in [0.3, 0.4) is 0 Å². The van der Waals surface area contributed by atoms with E-state index in [-0.39, 0.29) is 5.76 Å². The Kier molecular flexibility index (Phi) is 3.77. The van der Waals surface area contributed by atoms with E-state index in [1.165, 1.54) is 5.56 Å². The topological polar surface area (TPSA) is 50.4 Å². The van der Waals surface area contributed by atoms with Crippen molar-refractivity contribution in [3.05, 3.63) is 53.0 Å². The number of hydrogen-bond acceptors (Lipinski definition) is 3. The minimum absolute atomic E-state index is 0.0369. The van der Waals surface area contributed by atoms with Crippen LogP contribution in [0.15, 0.2) is 39.6 Å². The van der Waals surface area contributed by atoms with Crippen molar-refractivity contribution in [1.29, 1.82) is 0 Å². The molecule has 94 valence electrons. The zero-order valence-corrected chi connectivity index (χ0v) is 11.1. The van der Waals surface area contributed by atoms with E-state index in [4.69, 9.17) is 9.52 Å². The van der Waals surface area contributed by atoms with Crippen LogP contribution in [0.1, 0.15) is 27.4 Å². The van der Waals surface area contributed by atoms with Gasteiger partial charge < -0.3 is 9.52 Å². The summed E-state index contributed by atoms with van der Waals surface area (Å²) in [6.07, 6.45) is 0. The molecule has 0 unspecified atom stereocenters. The summed E-state index contributed by atoms with van der Waals surface area (Å²) in [4.78, 5) is 12.0. The Balaban J connectivity index is 2.06. The molecule has 3 nitrogen and oxygen atoms in total. The van der Waals surface area contributed by atoms with Crippen molar-refractivity contribution >= 4 is 17.7 Å². The highest BCUT2D eigenvalue weighted by molar-refractivity contribution is 7.98. The Morgan fingerprint density at radius 3 is 2.72 bits per heavy atom. The van der Waals surface area contributed by atoms with Gasteiger partial charge in [-0.25, -0.2) is 4.79 Å². The molecule has 0 saturated carbocycles. The van der Waals surface area contributed by atoms with E-state index in [0.29, 0.717) is 17.1 Å². The number of benzene rings is 1. The van der Waals surface area contributed by atoms with Crippen molar-refractivity contribution in [3.8, 4) is 0 Å². The molecule has 18 heavy (non-hydrogen) atoms. The predicted octanol–water partition coefficient (Wildman–Crippen LogP) is 3.89. The first-order valence-electron chi connectivity index (χ1n) is 5.58. The molecule has 0 saturated heterocycles. The van der Waals surface area contributed by atoms with Crippen LogP contribution in [0.5, 0.6) is 0 Å². The molecule has 4 heteroatoms. The molecule has 1 aromatic carbocycles. The minimum Gasteiger partial charge on any atom is -0.475 e. The second-order valence-electron chi connectivity index (χ2n) is 4.14. The van der Waals surface area contributed by atoms with Gasteiger partial charge in [-0.1, -0.05) is 17.7 Å². The molecule has 0 amide bonds. The number of carboxylic acids is 1. The SMILES string of the molecule is Cc1cccc(SCc2cc(C)c(C(=O)O)o2)c1. The van der Waals surface area contributed by atoms with E-state index in [1.807, 2.05) is 25.1 Å². The van der Waals surface area contributed by atoms with Crippen LogP contribution >= 0.6 is 11.8 Å². The molecule has 1 aromatic heterocycles. The molecule has 0 atom stereocenters. The molecule has 1 N–H and O–H groups in total. The Morgan fingerprint density at radius 2 is 2.11 bits per heavy atom. The first-order chi connectivity index (χ1) is 8.56. The molecule has 0 bridgehead atoms. The van der Waals surface area contributed by atoms with Crippen LogP contribution in [-0.2, 0) is 5.75 Å². The number of aryl methyl sites for hydroxylation is 2. The molecule has 0 aliphatic heterocycles. The Labute approximate surface area is 110 Å². The maximum atomic E-state index is 10.9. The molecule has 0 fully saturated rings. The van der Waals surface area contributed by atoms with E-state index >= 15 is 0 Å². The quantitative estimate of drug-likeness (QED) is 0.849. The lowest BCUT2D eigenvalue weighted by molar-refractivity contribution is 0.0659. The van der Waals surface area contributed by atoms with Gasteiger partial charge in [-0.3, -0.25) is 0 Å². The lowest BCUT2D eigenvalue weighted by atomic mass is 10.2.